The Balaban J connectivity index is -0.00000000468. The van der Waals surface area contributed by atoms with Gasteiger partial charge >= 0.3 is 16.5 Å². The summed E-state index contributed by atoms with van der Waals surface area (Å²) in [6.07, 6.45) is 0. The van der Waals surface area contributed by atoms with Crippen LogP contribution in [0.25, 0.3) is 0 Å². The Hall–Kier alpha value is 1.84. The zero-order valence-corrected chi connectivity index (χ0v) is 13.8. The van der Waals surface area contributed by atoms with E-state index in [0.29, 0.717) is 0 Å². The van der Waals surface area contributed by atoms with E-state index in [2.05, 4.69) is 0 Å². The molecule has 0 aromatic rings. The molecule has 0 fully saturated rings. The second-order valence-corrected chi connectivity index (χ2v) is 1.52. The summed E-state index contributed by atoms with van der Waals surface area (Å²) in [6.45, 7) is 0. The minimum Gasteiger partial charge on any atom is -0.412 e. The van der Waals surface area contributed by atoms with Gasteiger partial charge in [-0.15, -0.1) is 19.6 Å². The third-order valence-corrected chi connectivity index (χ3v) is 0. The first-order chi connectivity index (χ1) is 3.46. The van der Waals surface area contributed by atoms with Gasteiger partial charge in [0.1, 0.15) is 0 Å². The molecule has 0 aliphatic rings. The van der Waals surface area contributed by atoms with Crippen molar-refractivity contribution in [3.63, 3.8) is 0 Å². The standard InChI is InChI=1S/2Na.2HO3P.5H2O/c;;2*1-4(2)3;;;;;/h;;2*(H-,1,2,3);5*1H2/p+2. The van der Waals surface area contributed by atoms with Crippen LogP contribution in [-0.2, 0) is 9.13 Å². The van der Waals surface area contributed by atoms with E-state index in [-0.39, 0.29) is 86.5 Å². The van der Waals surface area contributed by atoms with Gasteiger partial charge in [-0.05, 0) is 0 Å². The van der Waals surface area contributed by atoms with E-state index >= 15 is 0 Å². The van der Waals surface area contributed by atoms with Crippen molar-refractivity contribution in [3.8, 4) is 0 Å². The van der Waals surface area contributed by atoms with E-state index in [4.69, 9.17) is 28.7 Å². The predicted octanol–water partition coefficient (Wildman–Crippen LogP) is -5.63. The van der Waals surface area contributed by atoms with Crippen molar-refractivity contribution in [1.82, 2.24) is 0 Å². The number of hydrogen-bond donors (Lipinski definition) is 4. The zero-order chi connectivity index (χ0) is 7.15. The smallest absolute Gasteiger partial charge is 0.412 e. The van der Waals surface area contributed by atoms with Gasteiger partial charge in [0.05, 0.1) is 0 Å². The van der Waals surface area contributed by atoms with Crippen molar-refractivity contribution in [2.75, 3.05) is 0 Å². The second-order valence-electron chi connectivity index (χ2n) is 0.505. The topological polar surface area (TPSA) is 273 Å². The molecule has 15 heavy (non-hydrogen) atoms. The molecule has 14 N–H and O–H groups in total. The van der Waals surface area contributed by atoms with Gasteiger partial charge in [0.2, 0.25) is 0 Å². The van der Waals surface area contributed by atoms with Crippen LogP contribution in [-0.4, -0.2) is 106 Å². The molecule has 0 unspecified atom stereocenters. The van der Waals surface area contributed by atoms with Gasteiger partial charge in [-0.25, -0.2) is 0 Å². The first kappa shape index (κ1) is 68.7. The molecule has 0 heterocycles. The average molecular weight is 298 g/mol. The molecule has 11 nitrogen and oxygen atoms in total. The van der Waals surface area contributed by atoms with E-state index in [0.717, 1.165) is 0 Å². The van der Waals surface area contributed by atoms with Crippen molar-refractivity contribution in [3.05, 3.63) is 0 Å². The van der Waals surface area contributed by atoms with Crippen molar-refractivity contribution in [1.29, 1.82) is 0 Å². The largest absolute Gasteiger partial charge is 0.692 e. The minimum absolute atomic E-state index is 0. The fourth-order valence-corrected chi connectivity index (χ4v) is 0. The van der Waals surface area contributed by atoms with Crippen LogP contribution >= 0.6 is 16.5 Å². The summed E-state index contributed by atoms with van der Waals surface area (Å²) < 4.78 is 17.4. The molecule has 0 rings (SSSR count). The quantitative estimate of drug-likeness (QED) is 0.249. The van der Waals surface area contributed by atoms with Crippen LogP contribution in [0, 0.1) is 0 Å². The third kappa shape index (κ3) is 896. The fraction of sp³-hybridized carbons (Fsp3) is 0. The van der Waals surface area contributed by atoms with Gasteiger partial charge in [-0.2, -0.15) is 0 Å². The Morgan fingerprint density at radius 1 is 0.533 bits per heavy atom. The molecular formula is H14Na2O11P2+2. The maximum atomic E-state index is 8.70. The summed E-state index contributed by atoms with van der Waals surface area (Å²) in [4.78, 5) is 28.5. The Bertz CT molecular complexity index is 74.6. The molecule has 0 atom stereocenters. The van der Waals surface area contributed by atoms with Crippen LogP contribution in [0.3, 0.4) is 0 Å². The molecule has 0 aliphatic carbocycles. The van der Waals surface area contributed by atoms with Gasteiger partial charge < -0.3 is 27.4 Å². The van der Waals surface area contributed by atoms with Crippen molar-refractivity contribution < 1.29 is 56.1 Å². The van der Waals surface area contributed by atoms with Gasteiger partial charge in [-0.1, -0.05) is 0 Å². The fourth-order valence-electron chi connectivity index (χ4n) is 0. The van der Waals surface area contributed by atoms with Crippen LogP contribution in [0.5, 0.6) is 0 Å². The molecule has 90 valence electrons. The zero-order valence-electron chi connectivity index (χ0n) is 8.00. The molecule has 0 aromatic heterocycles. The molecule has 0 spiro atoms. The summed E-state index contributed by atoms with van der Waals surface area (Å²) in [5.74, 6) is 0. The molecule has 0 amide bonds. The van der Waals surface area contributed by atoms with Crippen LogP contribution in [0.15, 0.2) is 0 Å². The van der Waals surface area contributed by atoms with Gasteiger partial charge in [0, 0.05) is 68.2 Å². The Labute approximate surface area is 131 Å². The van der Waals surface area contributed by atoms with Gasteiger partial charge in [0.15, 0.2) is 0 Å². The first-order valence-corrected chi connectivity index (χ1v) is 3.50. The molecular weight excluding hydrogens is 284 g/mol. The van der Waals surface area contributed by atoms with Crippen LogP contribution < -0.4 is 0 Å². The second kappa shape index (κ2) is 56.8. The average Bonchev–Trinajstić information content (AvgIpc) is 1.25. The maximum Gasteiger partial charge on any atom is 0.692 e. The summed E-state index contributed by atoms with van der Waals surface area (Å²) in [5, 5.41) is 0. The Morgan fingerprint density at radius 2 is 0.533 bits per heavy atom. The SMILES string of the molecule is O.O.O.O.O.O=[P+](O)O.O=[P+](O)O.[Na].[Na]. The third-order valence-electron chi connectivity index (χ3n) is 0. The minimum atomic E-state index is -2.87. The van der Waals surface area contributed by atoms with Crippen LogP contribution in [0.1, 0.15) is 0 Å². The molecule has 0 aromatic carbocycles. The number of hydrogen-bond acceptors (Lipinski definition) is 2. The van der Waals surface area contributed by atoms with Crippen molar-refractivity contribution >= 4 is 75.6 Å². The van der Waals surface area contributed by atoms with Crippen molar-refractivity contribution in [2.45, 2.75) is 0 Å². The first-order valence-electron chi connectivity index (χ1n) is 1.17. The monoisotopic (exact) mass is 298 g/mol. The summed E-state index contributed by atoms with van der Waals surface area (Å²) in [7, 11) is -5.74. The summed E-state index contributed by atoms with van der Waals surface area (Å²) in [6, 6.07) is 0. The van der Waals surface area contributed by atoms with E-state index in [1.54, 1.807) is 0 Å². The number of rotatable bonds is 0. The van der Waals surface area contributed by atoms with Crippen molar-refractivity contribution in [2.24, 2.45) is 0 Å². The van der Waals surface area contributed by atoms with Crippen LogP contribution in [0.4, 0.5) is 0 Å². The van der Waals surface area contributed by atoms with E-state index in [1.807, 2.05) is 0 Å². The summed E-state index contributed by atoms with van der Waals surface area (Å²) >= 11 is 0. The molecule has 15 heteroatoms. The van der Waals surface area contributed by atoms with Gasteiger partial charge in [0.25, 0.3) is 0 Å². The maximum absolute atomic E-state index is 8.70. The molecule has 0 aliphatic heterocycles. The molecule has 0 bridgehead atoms. The molecule has 0 saturated carbocycles. The van der Waals surface area contributed by atoms with Gasteiger partial charge in [-0.3, -0.25) is 0 Å². The van der Waals surface area contributed by atoms with E-state index < -0.39 is 16.5 Å². The van der Waals surface area contributed by atoms with Crippen LogP contribution in [0.2, 0.25) is 0 Å². The van der Waals surface area contributed by atoms with E-state index in [1.165, 1.54) is 0 Å². The Kier molecular flexibility index (Phi) is 260. The predicted molar refractivity (Wildman–Crippen MR) is 53.7 cm³/mol. The summed E-state index contributed by atoms with van der Waals surface area (Å²) in [5.41, 5.74) is 0. The normalized spacial score (nSPS) is 3.47. The molecule has 0 saturated heterocycles. The molecule has 2 radical (unpaired) electrons. The Morgan fingerprint density at radius 3 is 0.533 bits per heavy atom. The van der Waals surface area contributed by atoms with E-state index in [9.17, 15) is 0 Å².